The Morgan fingerprint density at radius 3 is 2.58 bits per heavy atom. The highest BCUT2D eigenvalue weighted by atomic mass is 35.5. The van der Waals surface area contributed by atoms with Crippen molar-refractivity contribution >= 4 is 28.7 Å². The van der Waals surface area contributed by atoms with E-state index >= 15 is 0 Å². The first-order chi connectivity index (χ1) is 16.0. The molecular formula is C25H23ClN4O3. The molecule has 1 saturated heterocycles. The number of hydrogen-bond acceptors (Lipinski definition) is 4. The fraction of sp³-hybridized carbons (Fsp3) is 0.240. The van der Waals surface area contributed by atoms with Crippen LogP contribution < -0.4 is 15.2 Å². The van der Waals surface area contributed by atoms with Crippen molar-refractivity contribution in [1.29, 1.82) is 0 Å². The molecular weight excluding hydrogens is 440 g/mol. The zero-order chi connectivity index (χ0) is 22.9. The molecule has 0 spiro atoms. The number of aromatic nitrogens is 3. The van der Waals surface area contributed by atoms with Crippen LogP contribution in [0.4, 0.5) is 5.69 Å². The van der Waals surface area contributed by atoms with Crippen molar-refractivity contribution in [3.63, 3.8) is 0 Å². The lowest BCUT2D eigenvalue weighted by Crippen LogP contribution is -2.24. The van der Waals surface area contributed by atoms with Gasteiger partial charge in [-0.3, -0.25) is 9.59 Å². The monoisotopic (exact) mass is 462 g/mol. The van der Waals surface area contributed by atoms with Gasteiger partial charge in [-0.2, -0.15) is 5.10 Å². The third-order valence-electron chi connectivity index (χ3n) is 5.81. The average molecular weight is 463 g/mol. The maximum Gasteiger partial charge on any atom is 0.276 e. The number of hydrogen-bond donors (Lipinski definition) is 0. The number of anilines is 1. The van der Waals surface area contributed by atoms with Crippen LogP contribution in [0.15, 0.2) is 65.7 Å². The van der Waals surface area contributed by atoms with Crippen LogP contribution in [-0.2, 0) is 11.3 Å². The predicted molar refractivity (Wildman–Crippen MR) is 128 cm³/mol. The van der Waals surface area contributed by atoms with Crippen LogP contribution in [0.1, 0.15) is 25.3 Å². The van der Waals surface area contributed by atoms with Gasteiger partial charge in [0.2, 0.25) is 5.91 Å². The van der Waals surface area contributed by atoms with Crippen molar-refractivity contribution in [2.24, 2.45) is 0 Å². The second-order valence-electron chi connectivity index (χ2n) is 7.98. The summed E-state index contributed by atoms with van der Waals surface area (Å²) in [4.78, 5) is 26.9. The van der Waals surface area contributed by atoms with Gasteiger partial charge < -0.3 is 14.2 Å². The van der Waals surface area contributed by atoms with Crippen molar-refractivity contribution in [3.8, 4) is 17.0 Å². The first-order valence-corrected chi connectivity index (χ1v) is 11.3. The molecule has 168 valence electrons. The van der Waals surface area contributed by atoms with Crippen molar-refractivity contribution < 1.29 is 9.53 Å². The van der Waals surface area contributed by atoms with E-state index in [1.807, 2.05) is 48.2 Å². The quantitative estimate of drug-likeness (QED) is 0.426. The van der Waals surface area contributed by atoms with Crippen LogP contribution in [0.2, 0.25) is 5.02 Å². The van der Waals surface area contributed by atoms with E-state index in [0.29, 0.717) is 41.6 Å². The van der Waals surface area contributed by atoms with Gasteiger partial charge in [-0.05, 0) is 55.3 Å². The molecule has 3 heterocycles. The molecule has 4 aromatic rings. The summed E-state index contributed by atoms with van der Waals surface area (Å²) in [5.74, 6) is 0.781. The molecule has 1 fully saturated rings. The lowest BCUT2D eigenvalue weighted by atomic mass is 10.1. The first-order valence-electron chi connectivity index (χ1n) is 10.9. The van der Waals surface area contributed by atoms with E-state index in [1.165, 1.54) is 0 Å². The minimum Gasteiger partial charge on any atom is -0.492 e. The molecule has 0 unspecified atom stereocenters. The summed E-state index contributed by atoms with van der Waals surface area (Å²) in [6, 6.07) is 15.0. The van der Waals surface area contributed by atoms with E-state index in [-0.39, 0.29) is 11.5 Å². The van der Waals surface area contributed by atoms with Crippen molar-refractivity contribution in [3.05, 3.63) is 81.9 Å². The molecule has 1 aliphatic heterocycles. The SMILES string of the molecule is CCOc1ccc(-c2cc3c(=O)n(Cc4ccc(N5CCCC5=O)cc4)ccn3n2)cc1Cl. The van der Waals surface area contributed by atoms with Crippen LogP contribution in [0.3, 0.4) is 0 Å². The summed E-state index contributed by atoms with van der Waals surface area (Å²) in [7, 11) is 0. The summed E-state index contributed by atoms with van der Waals surface area (Å²) in [5, 5.41) is 5.04. The lowest BCUT2D eigenvalue weighted by Gasteiger charge is -2.16. The number of rotatable bonds is 6. The van der Waals surface area contributed by atoms with Gasteiger partial charge in [0.15, 0.2) is 0 Å². The second-order valence-corrected chi connectivity index (χ2v) is 8.39. The Balaban J connectivity index is 1.40. The molecule has 5 rings (SSSR count). The van der Waals surface area contributed by atoms with Gasteiger partial charge in [-0.15, -0.1) is 0 Å². The molecule has 8 heteroatoms. The molecule has 2 aromatic heterocycles. The number of fused-ring (bicyclic) bond motifs is 1. The zero-order valence-corrected chi connectivity index (χ0v) is 19.0. The number of amides is 1. The van der Waals surface area contributed by atoms with E-state index in [9.17, 15) is 9.59 Å². The summed E-state index contributed by atoms with van der Waals surface area (Å²) < 4.78 is 8.73. The minimum absolute atomic E-state index is 0.132. The Morgan fingerprint density at radius 2 is 1.88 bits per heavy atom. The minimum atomic E-state index is -0.132. The number of benzene rings is 2. The van der Waals surface area contributed by atoms with Crippen LogP contribution in [0.25, 0.3) is 16.8 Å². The van der Waals surface area contributed by atoms with Crippen molar-refractivity contribution in [1.82, 2.24) is 14.2 Å². The van der Waals surface area contributed by atoms with Gasteiger partial charge in [-0.1, -0.05) is 23.7 Å². The number of ether oxygens (including phenoxy) is 1. The van der Waals surface area contributed by atoms with E-state index in [2.05, 4.69) is 5.10 Å². The molecule has 7 nitrogen and oxygen atoms in total. The van der Waals surface area contributed by atoms with Gasteiger partial charge in [-0.25, -0.2) is 4.52 Å². The van der Waals surface area contributed by atoms with Crippen LogP contribution in [0.5, 0.6) is 5.75 Å². The number of carbonyl (C=O) groups is 1. The molecule has 0 saturated carbocycles. The summed E-state index contributed by atoms with van der Waals surface area (Å²) in [6.45, 7) is 3.63. The Kier molecular flexibility index (Phi) is 5.64. The van der Waals surface area contributed by atoms with Gasteiger partial charge in [0.05, 0.1) is 23.9 Å². The first kappa shape index (κ1) is 21.3. The molecule has 1 aliphatic rings. The molecule has 0 radical (unpaired) electrons. The van der Waals surface area contributed by atoms with Crippen LogP contribution in [0, 0.1) is 0 Å². The van der Waals surface area contributed by atoms with E-state index < -0.39 is 0 Å². The molecule has 1 amide bonds. The topological polar surface area (TPSA) is 68.8 Å². The third-order valence-corrected chi connectivity index (χ3v) is 6.10. The highest BCUT2D eigenvalue weighted by Gasteiger charge is 2.21. The van der Waals surface area contributed by atoms with E-state index in [0.717, 1.165) is 29.8 Å². The maximum absolute atomic E-state index is 13.1. The Morgan fingerprint density at radius 1 is 1.06 bits per heavy atom. The van der Waals surface area contributed by atoms with E-state index in [4.69, 9.17) is 16.3 Å². The lowest BCUT2D eigenvalue weighted by molar-refractivity contribution is -0.117. The Labute approximate surface area is 195 Å². The molecule has 33 heavy (non-hydrogen) atoms. The van der Waals surface area contributed by atoms with Crippen LogP contribution >= 0.6 is 11.6 Å². The predicted octanol–water partition coefficient (Wildman–Crippen LogP) is 4.39. The van der Waals surface area contributed by atoms with Gasteiger partial charge in [0, 0.05) is 36.6 Å². The Bertz CT molecular complexity index is 1390. The van der Waals surface area contributed by atoms with Gasteiger partial charge in [0.1, 0.15) is 11.3 Å². The largest absolute Gasteiger partial charge is 0.492 e. The Hall–Kier alpha value is -3.58. The third kappa shape index (κ3) is 4.12. The number of nitrogens with zero attached hydrogens (tertiary/aromatic N) is 4. The van der Waals surface area contributed by atoms with Crippen LogP contribution in [-0.4, -0.2) is 33.2 Å². The smallest absolute Gasteiger partial charge is 0.276 e. The second kappa shape index (κ2) is 8.75. The number of carbonyl (C=O) groups excluding carboxylic acids is 1. The zero-order valence-electron chi connectivity index (χ0n) is 18.2. The highest BCUT2D eigenvalue weighted by Crippen LogP contribution is 2.30. The maximum atomic E-state index is 13.1. The highest BCUT2D eigenvalue weighted by molar-refractivity contribution is 6.32. The summed E-state index contributed by atoms with van der Waals surface area (Å²) >= 11 is 6.32. The molecule has 0 bridgehead atoms. The van der Waals surface area contributed by atoms with Crippen molar-refractivity contribution in [2.45, 2.75) is 26.3 Å². The van der Waals surface area contributed by atoms with Crippen molar-refractivity contribution in [2.75, 3.05) is 18.1 Å². The average Bonchev–Trinajstić information content (AvgIpc) is 3.44. The fourth-order valence-electron chi connectivity index (χ4n) is 4.12. The van der Waals surface area contributed by atoms with Gasteiger partial charge >= 0.3 is 0 Å². The summed E-state index contributed by atoms with van der Waals surface area (Å²) in [5.41, 5.74) is 3.71. The molecule has 0 atom stereocenters. The van der Waals surface area contributed by atoms with Gasteiger partial charge in [0.25, 0.3) is 5.56 Å². The molecule has 2 aromatic carbocycles. The van der Waals surface area contributed by atoms with E-state index in [1.54, 1.807) is 33.6 Å². The fourth-order valence-corrected chi connectivity index (χ4v) is 4.36. The molecule has 0 aliphatic carbocycles. The normalized spacial score (nSPS) is 13.8. The number of halogens is 1. The summed E-state index contributed by atoms with van der Waals surface area (Å²) in [6.07, 6.45) is 5.00. The standard InChI is InChI=1S/C25H23ClN4O3/c1-2-33-23-10-7-18(14-20(23)26)21-15-22-25(32)28(12-13-30(22)27-21)16-17-5-8-19(9-6-17)29-11-3-4-24(29)31/h5-10,12-15H,2-4,11,16H2,1H3. The molecule has 0 N–H and O–H groups in total.